The number of nitrogens with one attached hydrogen (secondary N) is 1. The van der Waals surface area contributed by atoms with E-state index in [9.17, 15) is 9.59 Å². The molecule has 0 saturated carbocycles. The zero-order chi connectivity index (χ0) is 15.2. The Labute approximate surface area is 123 Å². The molecule has 2 rings (SSSR count). The van der Waals surface area contributed by atoms with Crippen LogP contribution in [0.1, 0.15) is 18.4 Å². The third-order valence-electron chi connectivity index (χ3n) is 3.36. The van der Waals surface area contributed by atoms with E-state index < -0.39 is 0 Å². The molecule has 1 saturated heterocycles. The van der Waals surface area contributed by atoms with Crippen LogP contribution in [0.3, 0.4) is 0 Å². The van der Waals surface area contributed by atoms with E-state index in [1.54, 1.807) is 36.2 Å². The molecule has 6 nitrogen and oxygen atoms in total. The second-order valence-corrected chi connectivity index (χ2v) is 4.97. The number of carbonyl (C=O) groups excluding carboxylic acids is 2. The molecule has 0 aromatic heterocycles. The summed E-state index contributed by atoms with van der Waals surface area (Å²) < 4.78 is 5.36. The first kappa shape index (κ1) is 14.9. The Balaban J connectivity index is 1.83. The second-order valence-electron chi connectivity index (χ2n) is 4.97. The summed E-state index contributed by atoms with van der Waals surface area (Å²) in [6, 6.07) is 8.73. The summed E-state index contributed by atoms with van der Waals surface area (Å²) in [5, 5.41) is 11.8. The van der Waals surface area contributed by atoms with Gasteiger partial charge in [0.15, 0.2) is 6.61 Å². The molecule has 1 heterocycles. The van der Waals surface area contributed by atoms with Crippen LogP contribution in [0.4, 0.5) is 0 Å². The first-order valence-corrected chi connectivity index (χ1v) is 6.75. The van der Waals surface area contributed by atoms with Crippen LogP contribution in [0.25, 0.3) is 0 Å². The molecule has 1 aliphatic rings. The molecule has 2 amide bonds. The van der Waals surface area contributed by atoms with Gasteiger partial charge in [0.25, 0.3) is 5.91 Å². The van der Waals surface area contributed by atoms with Gasteiger partial charge in [-0.2, -0.15) is 5.26 Å². The van der Waals surface area contributed by atoms with Crippen molar-refractivity contribution in [2.45, 2.75) is 18.9 Å². The molecular formula is C15H17N3O3. The summed E-state index contributed by atoms with van der Waals surface area (Å²) in [5.41, 5.74) is 0.397. The zero-order valence-electron chi connectivity index (χ0n) is 11.8. The summed E-state index contributed by atoms with van der Waals surface area (Å²) in [5.74, 6) is 0.237. The molecule has 1 aromatic rings. The van der Waals surface area contributed by atoms with Crippen molar-refractivity contribution in [2.75, 3.05) is 20.2 Å². The van der Waals surface area contributed by atoms with E-state index in [0.29, 0.717) is 30.7 Å². The van der Waals surface area contributed by atoms with Gasteiger partial charge in [0.1, 0.15) is 11.8 Å². The van der Waals surface area contributed by atoms with E-state index in [2.05, 4.69) is 5.32 Å². The van der Waals surface area contributed by atoms with Crippen LogP contribution in [0.15, 0.2) is 24.3 Å². The number of nitrogens with zero attached hydrogens (tertiary/aromatic N) is 2. The van der Waals surface area contributed by atoms with Gasteiger partial charge in [0.05, 0.1) is 5.56 Å². The molecule has 1 aliphatic heterocycles. The average Bonchev–Trinajstić information content (AvgIpc) is 2.49. The first-order valence-electron chi connectivity index (χ1n) is 6.75. The quantitative estimate of drug-likeness (QED) is 0.882. The highest BCUT2D eigenvalue weighted by Crippen LogP contribution is 2.16. The summed E-state index contributed by atoms with van der Waals surface area (Å²) >= 11 is 0. The molecule has 0 bridgehead atoms. The van der Waals surface area contributed by atoms with Crippen LogP contribution in [0, 0.1) is 11.3 Å². The normalized spacial score (nSPS) is 18.0. The van der Waals surface area contributed by atoms with Crippen molar-refractivity contribution in [3.05, 3.63) is 29.8 Å². The molecule has 110 valence electrons. The first-order chi connectivity index (χ1) is 10.1. The minimum atomic E-state index is -0.254. The lowest BCUT2D eigenvalue weighted by atomic mass is 10.1. The smallest absolute Gasteiger partial charge is 0.258 e. The Morgan fingerprint density at radius 3 is 3.00 bits per heavy atom. The number of piperidine rings is 1. The predicted molar refractivity (Wildman–Crippen MR) is 75.5 cm³/mol. The number of hydrogen-bond acceptors (Lipinski definition) is 4. The highest BCUT2D eigenvalue weighted by atomic mass is 16.5. The fraction of sp³-hybridized carbons (Fsp3) is 0.400. The molecule has 0 aliphatic carbocycles. The summed E-state index contributed by atoms with van der Waals surface area (Å²) in [7, 11) is 1.72. The third kappa shape index (κ3) is 3.96. The Hall–Kier alpha value is -2.55. The maximum atomic E-state index is 11.8. The topological polar surface area (TPSA) is 82.4 Å². The molecule has 6 heteroatoms. The second kappa shape index (κ2) is 6.75. The number of ether oxygens (including phenoxy) is 1. The van der Waals surface area contributed by atoms with Crippen molar-refractivity contribution in [2.24, 2.45) is 0 Å². The van der Waals surface area contributed by atoms with Crippen LogP contribution < -0.4 is 10.1 Å². The Morgan fingerprint density at radius 1 is 1.52 bits per heavy atom. The number of amides is 2. The Kier molecular flexibility index (Phi) is 4.77. The van der Waals surface area contributed by atoms with E-state index in [-0.39, 0.29) is 24.5 Å². The standard InChI is InChI=1S/C15H17N3O3/c1-18-9-12(6-7-15(18)20)17-14(19)10-21-13-5-3-2-4-11(13)8-16/h2-5,12H,6-7,9-10H2,1H3,(H,17,19). The monoisotopic (exact) mass is 287 g/mol. The number of rotatable bonds is 4. The zero-order valence-corrected chi connectivity index (χ0v) is 11.8. The van der Waals surface area contributed by atoms with Crippen molar-refractivity contribution in [1.29, 1.82) is 5.26 Å². The predicted octanol–water partition coefficient (Wildman–Crippen LogP) is 0.674. The summed E-state index contributed by atoms with van der Waals surface area (Å²) in [6.07, 6.45) is 1.09. The van der Waals surface area contributed by atoms with Crippen molar-refractivity contribution in [3.63, 3.8) is 0 Å². The molecule has 1 fully saturated rings. The number of likely N-dealkylation sites (tertiary alicyclic amines) is 1. The lowest BCUT2D eigenvalue weighted by molar-refractivity contribution is -0.134. The number of likely N-dealkylation sites (N-methyl/N-ethyl adjacent to an activating group) is 1. The molecule has 1 N–H and O–H groups in total. The molecular weight excluding hydrogens is 270 g/mol. The average molecular weight is 287 g/mol. The van der Waals surface area contributed by atoms with Gasteiger partial charge in [-0.05, 0) is 18.6 Å². The summed E-state index contributed by atoms with van der Waals surface area (Å²) in [4.78, 5) is 24.8. The highest BCUT2D eigenvalue weighted by molar-refractivity contribution is 5.79. The molecule has 21 heavy (non-hydrogen) atoms. The summed E-state index contributed by atoms with van der Waals surface area (Å²) in [6.45, 7) is 0.367. The van der Waals surface area contributed by atoms with Gasteiger partial charge in [-0.15, -0.1) is 0 Å². The maximum Gasteiger partial charge on any atom is 0.258 e. The van der Waals surface area contributed by atoms with E-state index in [4.69, 9.17) is 10.00 Å². The Bertz CT molecular complexity index is 580. The Morgan fingerprint density at radius 2 is 2.29 bits per heavy atom. The van der Waals surface area contributed by atoms with Crippen molar-refractivity contribution < 1.29 is 14.3 Å². The van der Waals surface area contributed by atoms with Crippen LogP contribution in [-0.2, 0) is 9.59 Å². The SMILES string of the molecule is CN1CC(NC(=O)COc2ccccc2C#N)CCC1=O. The van der Waals surface area contributed by atoms with Crippen LogP contribution in [0.5, 0.6) is 5.75 Å². The molecule has 1 aromatic carbocycles. The van der Waals surface area contributed by atoms with Crippen molar-refractivity contribution >= 4 is 11.8 Å². The van der Waals surface area contributed by atoms with Gasteiger partial charge in [0, 0.05) is 26.1 Å². The maximum absolute atomic E-state index is 11.8. The number of para-hydroxylation sites is 1. The van der Waals surface area contributed by atoms with Gasteiger partial charge < -0.3 is 15.0 Å². The van der Waals surface area contributed by atoms with Crippen LogP contribution >= 0.6 is 0 Å². The molecule has 0 spiro atoms. The van der Waals surface area contributed by atoms with E-state index in [1.165, 1.54) is 0 Å². The highest BCUT2D eigenvalue weighted by Gasteiger charge is 2.24. The fourth-order valence-electron chi connectivity index (χ4n) is 2.23. The third-order valence-corrected chi connectivity index (χ3v) is 3.36. The van der Waals surface area contributed by atoms with Gasteiger partial charge >= 0.3 is 0 Å². The minimum Gasteiger partial charge on any atom is -0.482 e. The largest absolute Gasteiger partial charge is 0.482 e. The van der Waals surface area contributed by atoms with Crippen LogP contribution in [0.2, 0.25) is 0 Å². The lowest BCUT2D eigenvalue weighted by Crippen LogP contribution is -2.49. The van der Waals surface area contributed by atoms with E-state index in [1.807, 2.05) is 6.07 Å². The van der Waals surface area contributed by atoms with Crippen LogP contribution in [-0.4, -0.2) is 43.0 Å². The molecule has 1 atom stereocenters. The number of nitriles is 1. The minimum absolute atomic E-state index is 0.0463. The molecule has 0 radical (unpaired) electrons. The van der Waals surface area contributed by atoms with E-state index in [0.717, 1.165) is 0 Å². The van der Waals surface area contributed by atoms with Gasteiger partial charge in [-0.25, -0.2) is 0 Å². The number of carbonyl (C=O) groups is 2. The van der Waals surface area contributed by atoms with E-state index >= 15 is 0 Å². The number of benzene rings is 1. The van der Waals surface area contributed by atoms with Gasteiger partial charge in [-0.3, -0.25) is 9.59 Å². The van der Waals surface area contributed by atoms with Gasteiger partial charge in [-0.1, -0.05) is 12.1 Å². The lowest BCUT2D eigenvalue weighted by Gasteiger charge is -2.30. The fourth-order valence-corrected chi connectivity index (χ4v) is 2.23. The van der Waals surface area contributed by atoms with Crippen molar-refractivity contribution in [3.8, 4) is 11.8 Å². The van der Waals surface area contributed by atoms with Gasteiger partial charge in [0.2, 0.25) is 5.91 Å². The number of hydrogen-bond donors (Lipinski definition) is 1. The van der Waals surface area contributed by atoms with Crippen molar-refractivity contribution in [1.82, 2.24) is 10.2 Å². The molecule has 1 unspecified atom stereocenters.